The van der Waals surface area contributed by atoms with Gasteiger partial charge < -0.3 is 14.2 Å². The van der Waals surface area contributed by atoms with E-state index >= 15 is 0 Å². The summed E-state index contributed by atoms with van der Waals surface area (Å²) in [6.07, 6.45) is 4.60. The Bertz CT molecular complexity index is 819. The first-order chi connectivity index (χ1) is 14.3. The van der Waals surface area contributed by atoms with Crippen LogP contribution >= 0.6 is 0 Å². The van der Waals surface area contributed by atoms with Crippen molar-refractivity contribution in [2.24, 2.45) is 0 Å². The predicted molar refractivity (Wildman–Crippen MR) is 117 cm³/mol. The molecular weight excluding hydrogens is 360 g/mol. The fraction of sp³-hybridized carbons (Fsp3) is 0.385. The molecule has 0 bridgehead atoms. The topological polar surface area (TPSA) is 27.7 Å². The van der Waals surface area contributed by atoms with Gasteiger partial charge in [-0.3, -0.25) is 0 Å². The van der Waals surface area contributed by atoms with Gasteiger partial charge in [0.1, 0.15) is 5.75 Å². The van der Waals surface area contributed by atoms with E-state index in [1.54, 1.807) is 0 Å². The van der Waals surface area contributed by atoms with Crippen LogP contribution in [-0.4, -0.2) is 19.8 Å². The molecule has 0 saturated carbocycles. The Kier molecular flexibility index (Phi) is 6.81. The number of hydrogen-bond acceptors (Lipinski definition) is 3. The lowest BCUT2D eigenvalue weighted by atomic mass is 10.00. The summed E-state index contributed by atoms with van der Waals surface area (Å²) in [4.78, 5) is 0. The Balaban J connectivity index is 1.29. The summed E-state index contributed by atoms with van der Waals surface area (Å²) >= 11 is 0. The van der Waals surface area contributed by atoms with Crippen LogP contribution in [0.1, 0.15) is 55.9 Å². The fourth-order valence-corrected chi connectivity index (χ4v) is 3.78. The van der Waals surface area contributed by atoms with Crippen molar-refractivity contribution in [2.75, 3.05) is 19.8 Å². The van der Waals surface area contributed by atoms with Crippen molar-refractivity contribution in [2.45, 2.75) is 44.8 Å². The van der Waals surface area contributed by atoms with Crippen molar-refractivity contribution in [3.8, 4) is 16.9 Å². The second-order valence-electron chi connectivity index (χ2n) is 7.78. The molecule has 1 saturated heterocycles. The van der Waals surface area contributed by atoms with E-state index in [1.807, 2.05) is 0 Å². The molecular formula is C26H30O3. The molecule has 152 valence electrons. The van der Waals surface area contributed by atoms with Gasteiger partial charge in [-0.1, -0.05) is 80.8 Å². The van der Waals surface area contributed by atoms with Crippen molar-refractivity contribution in [1.29, 1.82) is 0 Å². The second kappa shape index (κ2) is 9.91. The van der Waals surface area contributed by atoms with Crippen LogP contribution in [-0.2, 0) is 9.47 Å². The number of unbranched alkanes of at least 4 members (excludes halogenated alkanes) is 3. The van der Waals surface area contributed by atoms with Crippen LogP contribution in [0, 0.1) is 0 Å². The van der Waals surface area contributed by atoms with Crippen molar-refractivity contribution in [3.05, 3.63) is 77.9 Å². The van der Waals surface area contributed by atoms with Crippen LogP contribution in [0.4, 0.5) is 0 Å². The van der Waals surface area contributed by atoms with Crippen LogP contribution in [0.3, 0.4) is 0 Å². The summed E-state index contributed by atoms with van der Waals surface area (Å²) in [5.41, 5.74) is 4.76. The first-order valence-electron chi connectivity index (χ1n) is 10.8. The highest BCUT2D eigenvalue weighted by Gasteiger charge is 2.24. The number of benzene rings is 1. The third-order valence-electron chi connectivity index (χ3n) is 5.58. The number of ether oxygens (including phenoxy) is 3. The lowest BCUT2D eigenvalue weighted by Gasteiger charge is -2.29. The van der Waals surface area contributed by atoms with Crippen molar-refractivity contribution in [1.82, 2.24) is 0 Å². The van der Waals surface area contributed by atoms with E-state index in [9.17, 15) is 0 Å². The Morgan fingerprint density at radius 2 is 1.41 bits per heavy atom. The van der Waals surface area contributed by atoms with Crippen molar-refractivity contribution < 1.29 is 14.2 Å². The third-order valence-corrected chi connectivity index (χ3v) is 5.58. The molecule has 0 unspecified atom stereocenters. The Labute approximate surface area is 174 Å². The zero-order valence-corrected chi connectivity index (χ0v) is 17.2. The van der Waals surface area contributed by atoms with Crippen molar-refractivity contribution in [3.63, 3.8) is 0 Å². The van der Waals surface area contributed by atoms with Gasteiger partial charge in [0, 0.05) is 11.5 Å². The smallest absolute Gasteiger partial charge is 0.183 e. The first-order valence-corrected chi connectivity index (χ1v) is 10.8. The van der Waals surface area contributed by atoms with Crippen LogP contribution < -0.4 is 4.74 Å². The van der Waals surface area contributed by atoms with E-state index in [0.717, 1.165) is 24.3 Å². The normalized spacial score (nSPS) is 19.3. The monoisotopic (exact) mass is 390 g/mol. The zero-order chi connectivity index (χ0) is 19.9. The lowest BCUT2D eigenvalue weighted by Crippen LogP contribution is -2.25. The Morgan fingerprint density at radius 1 is 0.759 bits per heavy atom. The minimum Gasteiger partial charge on any atom is -0.494 e. The average molecular weight is 391 g/mol. The average Bonchev–Trinajstić information content (AvgIpc) is 3.12. The molecule has 1 heterocycles. The summed E-state index contributed by atoms with van der Waals surface area (Å²) in [6, 6.07) is 23.2. The maximum Gasteiger partial charge on any atom is 0.183 e. The first kappa shape index (κ1) is 19.9. The van der Waals surface area contributed by atoms with Gasteiger partial charge in [-0.05, 0) is 35.2 Å². The molecule has 1 aromatic rings. The summed E-state index contributed by atoms with van der Waals surface area (Å²) in [7, 11) is 0. The predicted octanol–water partition coefficient (Wildman–Crippen LogP) is 6.58. The molecule has 2 aliphatic carbocycles. The number of rotatable bonds is 8. The minimum absolute atomic E-state index is 0.253. The van der Waals surface area contributed by atoms with Crippen LogP contribution in [0.15, 0.2) is 66.7 Å². The van der Waals surface area contributed by atoms with E-state index in [1.165, 1.54) is 36.0 Å². The zero-order valence-electron chi connectivity index (χ0n) is 17.2. The van der Waals surface area contributed by atoms with Gasteiger partial charge in [-0.15, -0.1) is 0 Å². The van der Waals surface area contributed by atoms with Gasteiger partial charge in [-0.2, -0.15) is 0 Å². The maximum atomic E-state index is 6.06. The highest BCUT2D eigenvalue weighted by atomic mass is 16.7. The molecule has 3 nitrogen and oxygen atoms in total. The molecule has 1 aliphatic heterocycles. The highest BCUT2D eigenvalue weighted by Crippen LogP contribution is 2.32. The molecule has 1 fully saturated rings. The van der Waals surface area contributed by atoms with Gasteiger partial charge in [0.25, 0.3) is 0 Å². The molecule has 3 heteroatoms. The Morgan fingerprint density at radius 3 is 2.07 bits per heavy atom. The van der Waals surface area contributed by atoms with Crippen molar-refractivity contribution >= 4 is 0 Å². The molecule has 0 spiro atoms. The minimum atomic E-state index is -0.298. The fourth-order valence-electron chi connectivity index (χ4n) is 3.78. The SMILES string of the molecule is CCCCCCOc1ccc(C2COC(c3ccc4cccc-4cc3)OC2)cc1. The van der Waals surface area contributed by atoms with E-state index in [0.29, 0.717) is 13.2 Å². The molecule has 0 atom stereocenters. The summed E-state index contributed by atoms with van der Waals surface area (Å²) in [6.45, 7) is 4.34. The molecule has 4 rings (SSSR count). The molecule has 3 aliphatic rings. The Hall–Kier alpha value is -2.36. The molecule has 0 N–H and O–H groups in total. The summed E-state index contributed by atoms with van der Waals surface area (Å²) in [5, 5.41) is 0. The standard InChI is InChI=1S/C26H30O3/c1-2-3-4-5-17-27-25-15-13-22(14-16-25)24-18-28-26(29-19-24)23-11-9-20-7-6-8-21(20)10-12-23/h6-16,24,26H,2-5,17-19H2,1H3. The quantitative estimate of drug-likeness (QED) is 0.407. The molecule has 0 radical (unpaired) electrons. The van der Waals surface area contributed by atoms with Gasteiger partial charge in [0.2, 0.25) is 0 Å². The summed E-state index contributed by atoms with van der Waals surface area (Å²) < 4.78 is 18.0. The van der Waals surface area contributed by atoms with Gasteiger partial charge in [0.05, 0.1) is 19.8 Å². The molecule has 0 aromatic heterocycles. The van der Waals surface area contributed by atoms with E-state index in [4.69, 9.17) is 14.2 Å². The summed E-state index contributed by atoms with van der Waals surface area (Å²) in [5.74, 6) is 1.19. The molecule has 1 aromatic carbocycles. The van der Waals surface area contributed by atoms with E-state index < -0.39 is 0 Å². The lowest BCUT2D eigenvalue weighted by molar-refractivity contribution is -0.191. The number of fused-ring (bicyclic) bond motifs is 1. The highest BCUT2D eigenvalue weighted by molar-refractivity contribution is 5.65. The van der Waals surface area contributed by atoms with Crippen LogP contribution in [0.2, 0.25) is 0 Å². The van der Waals surface area contributed by atoms with Gasteiger partial charge in [-0.25, -0.2) is 0 Å². The van der Waals surface area contributed by atoms with Gasteiger partial charge >= 0.3 is 0 Å². The maximum absolute atomic E-state index is 6.06. The largest absolute Gasteiger partial charge is 0.494 e. The van der Waals surface area contributed by atoms with Gasteiger partial charge in [0.15, 0.2) is 6.29 Å². The van der Waals surface area contributed by atoms with Crippen LogP contribution in [0.5, 0.6) is 5.75 Å². The number of hydrogen-bond donors (Lipinski definition) is 0. The molecule has 0 amide bonds. The van der Waals surface area contributed by atoms with E-state index in [-0.39, 0.29) is 12.2 Å². The second-order valence-corrected chi connectivity index (χ2v) is 7.78. The molecule has 29 heavy (non-hydrogen) atoms. The van der Waals surface area contributed by atoms with Crippen LogP contribution in [0.25, 0.3) is 11.1 Å². The van der Waals surface area contributed by atoms with E-state index in [2.05, 4.69) is 73.7 Å². The third kappa shape index (κ3) is 5.17.